The van der Waals surface area contributed by atoms with Crippen molar-refractivity contribution >= 4 is 15.9 Å². The molecule has 2 aromatic rings. The van der Waals surface area contributed by atoms with Crippen LogP contribution in [0.4, 0.5) is 4.39 Å². The van der Waals surface area contributed by atoms with Crippen LogP contribution >= 0.6 is 15.9 Å². The fourth-order valence-corrected chi connectivity index (χ4v) is 2.74. The fourth-order valence-electron chi connectivity index (χ4n) is 2.18. The Morgan fingerprint density at radius 1 is 1.14 bits per heavy atom. The van der Waals surface area contributed by atoms with Crippen molar-refractivity contribution in [3.63, 3.8) is 0 Å². The molecule has 2 atom stereocenters. The maximum absolute atomic E-state index is 13.2. The van der Waals surface area contributed by atoms with Gasteiger partial charge < -0.3 is 10.1 Å². The van der Waals surface area contributed by atoms with Crippen molar-refractivity contribution in [2.45, 2.75) is 25.9 Å². The smallest absolute Gasteiger partial charge is 0.141 e. The maximum Gasteiger partial charge on any atom is 0.141 e. The molecule has 1 aromatic heterocycles. The highest BCUT2D eigenvalue weighted by Gasteiger charge is 2.13. The number of rotatable bonds is 5. The molecule has 0 saturated carbocycles. The van der Waals surface area contributed by atoms with Crippen molar-refractivity contribution in [1.29, 1.82) is 0 Å². The van der Waals surface area contributed by atoms with Crippen molar-refractivity contribution in [1.82, 2.24) is 10.3 Å². The van der Waals surface area contributed by atoms with Crippen molar-refractivity contribution < 1.29 is 9.13 Å². The number of ether oxygens (including phenoxy) is 1. The third-order valence-corrected chi connectivity index (χ3v) is 4.02. The molecule has 112 valence electrons. The number of methoxy groups -OCH3 is 1. The topological polar surface area (TPSA) is 34.1 Å². The van der Waals surface area contributed by atoms with E-state index in [1.807, 2.05) is 25.1 Å². The lowest BCUT2D eigenvalue weighted by Gasteiger charge is -2.21. The van der Waals surface area contributed by atoms with Crippen molar-refractivity contribution in [3.05, 3.63) is 58.1 Å². The average molecular weight is 353 g/mol. The largest absolute Gasteiger partial charge is 0.496 e. The van der Waals surface area contributed by atoms with Crippen LogP contribution < -0.4 is 10.1 Å². The van der Waals surface area contributed by atoms with Crippen molar-refractivity contribution in [3.8, 4) is 5.75 Å². The number of aromatic nitrogens is 1. The second-order valence-corrected chi connectivity index (χ2v) is 5.79. The van der Waals surface area contributed by atoms with Gasteiger partial charge in [-0.2, -0.15) is 0 Å². The van der Waals surface area contributed by atoms with Gasteiger partial charge in [0.25, 0.3) is 0 Å². The standard InChI is InChI=1S/C16H18BrFN2O/c1-10(12-4-5-16(21-3)15(17)7-12)20-11(2)13-6-14(18)9-19-8-13/h4-11,20H,1-3H3. The van der Waals surface area contributed by atoms with Gasteiger partial charge in [-0.1, -0.05) is 6.07 Å². The number of halogens is 2. The Morgan fingerprint density at radius 2 is 1.86 bits per heavy atom. The molecule has 3 nitrogen and oxygen atoms in total. The zero-order valence-corrected chi connectivity index (χ0v) is 13.8. The van der Waals surface area contributed by atoms with Gasteiger partial charge in [-0.15, -0.1) is 0 Å². The summed E-state index contributed by atoms with van der Waals surface area (Å²) >= 11 is 3.48. The lowest BCUT2D eigenvalue weighted by atomic mass is 10.1. The maximum atomic E-state index is 13.2. The first-order valence-corrected chi connectivity index (χ1v) is 7.50. The predicted molar refractivity (Wildman–Crippen MR) is 84.9 cm³/mol. The summed E-state index contributed by atoms with van der Waals surface area (Å²) < 4.78 is 19.4. The monoisotopic (exact) mass is 352 g/mol. The lowest BCUT2D eigenvalue weighted by molar-refractivity contribution is 0.411. The van der Waals surface area contributed by atoms with Crippen LogP contribution in [0.15, 0.2) is 41.1 Å². The van der Waals surface area contributed by atoms with E-state index in [4.69, 9.17) is 4.74 Å². The molecule has 0 saturated heterocycles. The Balaban J connectivity index is 2.10. The first kappa shape index (κ1) is 15.9. The summed E-state index contributed by atoms with van der Waals surface area (Å²) in [4.78, 5) is 3.88. The molecule has 0 aliphatic carbocycles. The van der Waals surface area contributed by atoms with E-state index < -0.39 is 0 Å². The molecule has 0 radical (unpaired) electrons. The molecular weight excluding hydrogens is 335 g/mol. The van der Waals surface area contributed by atoms with Gasteiger partial charge in [-0.05, 0) is 59.1 Å². The van der Waals surface area contributed by atoms with Crippen LogP contribution in [-0.4, -0.2) is 12.1 Å². The highest BCUT2D eigenvalue weighted by atomic mass is 79.9. The minimum Gasteiger partial charge on any atom is -0.496 e. The van der Waals surface area contributed by atoms with E-state index >= 15 is 0 Å². The molecule has 0 bridgehead atoms. The summed E-state index contributed by atoms with van der Waals surface area (Å²) in [6.07, 6.45) is 2.89. The Bertz CT molecular complexity index is 621. The highest BCUT2D eigenvalue weighted by Crippen LogP contribution is 2.29. The summed E-state index contributed by atoms with van der Waals surface area (Å²) in [6, 6.07) is 7.58. The second kappa shape index (κ2) is 7.00. The number of hydrogen-bond acceptors (Lipinski definition) is 3. The van der Waals surface area contributed by atoms with Crippen molar-refractivity contribution in [2.75, 3.05) is 7.11 Å². The van der Waals surface area contributed by atoms with E-state index in [9.17, 15) is 4.39 Å². The zero-order chi connectivity index (χ0) is 15.4. The molecular formula is C16H18BrFN2O. The van der Waals surface area contributed by atoms with Crippen LogP contribution in [0.2, 0.25) is 0 Å². The summed E-state index contributed by atoms with van der Waals surface area (Å²) in [5.74, 6) is 0.481. The fraction of sp³-hybridized carbons (Fsp3) is 0.312. The molecule has 0 spiro atoms. The molecule has 1 heterocycles. The Morgan fingerprint density at radius 3 is 2.48 bits per heavy atom. The van der Waals surface area contributed by atoms with Crippen molar-refractivity contribution in [2.24, 2.45) is 0 Å². The minimum atomic E-state index is -0.319. The highest BCUT2D eigenvalue weighted by molar-refractivity contribution is 9.10. The van der Waals surface area contributed by atoms with Crippen LogP contribution in [0.5, 0.6) is 5.75 Å². The van der Waals surface area contributed by atoms with E-state index in [-0.39, 0.29) is 17.9 Å². The molecule has 0 fully saturated rings. The number of nitrogens with zero attached hydrogens (tertiary/aromatic N) is 1. The summed E-state index contributed by atoms with van der Waals surface area (Å²) in [6.45, 7) is 4.06. The van der Waals surface area contributed by atoms with Gasteiger partial charge in [0, 0.05) is 18.3 Å². The molecule has 1 aromatic carbocycles. The minimum absolute atomic E-state index is 0.00378. The van der Waals surface area contributed by atoms with Crippen LogP contribution in [0.1, 0.15) is 37.1 Å². The molecule has 5 heteroatoms. The van der Waals surface area contributed by atoms with E-state index in [0.717, 1.165) is 21.3 Å². The first-order valence-electron chi connectivity index (χ1n) is 6.71. The molecule has 0 aliphatic heterocycles. The SMILES string of the molecule is COc1ccc(C(C)NC(C)c2cncc(F)c2)cc1Br. The van der Waals surface area contributed by atoms with Crippen LogP contribution in [0.25, 0.3) is 0 Å². The van der Waals surface area contributed by atoms with E-state index in [2.05, 4.69) is 33.2 Å². The van der Waals surface area contributed by atoms with Gasteiger partial charge in [0.1, 0.15) is 11.6 Å². The van der Waals surface area contributed by atoms with Gasteiger partial charge in [0.15, 0.2) is 0 Å². The average Bonchev–Trinajstić information content (AvgIpc) is 2.47. The number of pyridine rings is 1. The van der Waals surface area contributed by atoms with E-state index in [1.165, 1.54) is 12.3 Å². The lowest BCUT2D eigenvalue weighted by Crippen LogP contribution is -2.22. The predicted octanol–water partition coefficient (Wildman–Crippen LogP) is 4.40. The normalized spacial score (nSPS) is 13.8. The van der Waals surface area contributed by atoms with E-state index in [1.54, 1.807) is 13.3 Å². The molecule has 0 amide bonds. The summed E-state index contributed by atoms with van der Waals surface area (Å²) in [5.41, 5.74) is 1.95. The van der Waals surface area contributed by atoms with Gasteiger partial charge in [0.2, 0.25) is 0 Å². The molecule has 21 heavy (non-hydrogen) atoms. The Kier molecular flexibility index (Phi) is 5.31. The second-order valence-electron chi connectivity index (χ2n) is 4.94. The van der Waals surface area contributed by atoms with Gasteiger partial charge in [-0.3, -0.25) is 4.98 Å². The Labute approximate surface area is 132 Å². The third kappa shape index (κ3) is 4.02. The number of nitrogens with one attached hydrogen (secondary N) is 1. The molecule has 2 rings (SSSR count). The van der Waals surface area contributed by atoms with E-state index in [0.29, 0.717) is 0 Å². The number of benzene rings is 1. The van der Waals surface area contributed by atoms with Crippen LogP contribution in [0, 0.1) is 5.82 Å². The quantitative estimate of drug-likeness (QED) is 0.865. The zero-order valence-electron chi connectivity index (χ0n) is 12.2. The molecule has 1 N–H and O–H groups in total. The third-order valence-electron chi connectivity index (χ3n) is 3.40. The molecule has 2 unspecified atom stereocenters. The molecule has 0 aliphatic rings. The van der Waals surface area contributed by atoms with Gasteiger partial charge in [-0.25, -0.2) is 4.39 Å². The van der Waals surface area contributed by atoms with Gasteiger partial charge >= 0.3 is 0 Å². The van der Waals surface area contributed by atoms with Crippen LogP contribution in [-0.2, 0) is 0 Å². The number of hydrogen-bond donors (Lipinski definition) is 1. The summed E-state index contributed by atoms with van der Waals surface area (Å²) in [7, 11) is 1.64. The Hall–Kier alpha value is -1.46. The first-order chi connectivity index (χ1) is 10.0. The van der Waals surface area contributed by atoms with Gasteiger partial charge in [0.05, 0.1) is 17.8 Å². The van der Waals surface area contributed by atoms with Crippen LogP contribution in [0.3, 0.4) is 0 Å². The summed E-state index contributed by atoms with van der Waals surface area (Å²) in [5, 5.41) is 3.44.